The number of halogens is 1. The number of benzene rings is 1. The van der Waals surface area contributed by atoms with E-state index in [1.165, 1.54) is 12.1 Å². The molecule has 0 spiro atoms. The Kier molecular flexibility index (Phi) is 8.18. The maximum absolute atomic E-state index is 12.9. The van der Waals surface area contributed by atoms with Gasteiger partial charge in [0.1, 0.15) is 5.82 Å². The standard InChI is InChI=1S/C17H24FNO3/c1-3-5-16(20)19(13-11-17(21)22-4-2)12-10-14-6-8-15(18)9-7-14/h6-9H,3-5,10-13H2,1-2H3. The molecule has 1 rings (SSSR count). The molecule has 122 valence electrons. The first kappa shape index (κ1) is 18.1. The first-order valence-corrected chi connectivity index (χ1v) is 7.74. The fourth-order valence-electron chi connectivity index (χ4n) is 2.11. The summed E-state index contributed by atoms with van der Waals surface area (Å²) < 4.78 is 17.8. The fraction of sp³-hybridized carbons (Fsp3) is 0.529. The number of carbonyl (C=O) groups is 2. The van der Waals surface area contributed by atoms with Gasteiger partial charge in [-0.15, -0.1) is 0 Å². The highest BCUT2D eigenvalue weighted by Crippen LogP contribution is 2.07. The van der Waals surface area contributed by atoms with Gasteiger partial charge >= 0.3 is 5.97 Å². The summed E-state index contributed by atoms with van der Waals surface area (Å²) in [5.41, 5.74) is 0.965. The van der Waals surface area contributed by atoms with Crippen LogP contribution in [0.1, 0.15) is 38.7 Å². The lowest BCUT2D eigenvalue weighted by Gasteiger charge is -2.22. The number of rotatable bonds is 9. The Labute approximate surface area is 131 Å². The van der Waals surface area contributed by atoms with Crippen LogP contribution in [0.15, 0.2) is 24.3 Å². The van der Waals surface area contributed by atoms with E-state index in [0.29, 0.717) is 32.5 Å². The lowest BCUT2D eigenvalue weighted by atomic mass is 10.1. The van der Waals surface area contributed by atoms with E-state index in [0.717, 1.165) is 12.0 Å². The van der Waals surface area contributed by atoms with E-state index in [1.807, 2.05) is 6.92 Å². The van der Waals surface area contributed by atoms with Gasteiger partial charge < -0.3 is 9.64 Å². The topological polar surface area (TPSA) is 46.6 Å². The number of esters is 1. The molecule has 1 aromatic rings. The Balaban J connectivity index is 2.55. The number of hydrogen-bond donors (Lipinski definition) is 0. The zero-order valence-electron chi connectivity index (χ0n) is 13.3. The molecule has 0 unspecified atom stereocenters. The van der Waals surface area contributed by atoms with Crippen molar-refractivity contribution in [2.75, 3.05) is 19.7 Å². The third-order valence-corrected chi connectivity index (χ3v) is 3.29. The molecular weight excluding hydrogens is 285 g/mol. The van der Waals surface area contributed by atoms with E-state index in [4.69, 9.17) is 4.74 Å². The van der Waals surface area contributed by atoms with Crippen molar-refractivity contribution in [1.29, 1.82) is 0 Å². The number of carbonyl (C=O) groups excluding carboxylic acids is 2. The maximum atomic E-state index is 12.9. The van der Waals surface area contributed by atoms with Crippen LogP contribution in [0.4, 0.5) is 4.39 Å². The summed E-state index contributed by atoms with van der Waals surface area (Å²) in [6.07, 6.45) is 2.07. The minimum Gasteiger partial charge on any atom is -0.466 e. The Bertz CT molecular complexity index is 473. The summed E-state index contributed by atoms with van der Waals surface area (Å²) in [4.78, 5) is 25.2. The van der Waals surface area contributed by atoms with Gasteiger partial charge in [-0.1, -0.05) is 19.1 Å². The van der Waals surface area contributed by atoms with Crippen LogP contribution in [0.5, 0.6) is 0 Å². The summed E-state index contributed by atoms with van der Waals surface area (Å²) >= 11 is 0. The summed E-state index contributed by atoms with van der Waals surface area (Å²) in [6, 6.07) is 6.24. The van der Waals surface area contributed by atoms with Crippen molar-refractivity contribution < 1.29 is 18.7 Å². The molecule has 1 aromatic carbocycles. The number of nitrogens with zero attached hydrogens (tertiary/aromatic N) is 1. The predicted molar refractivity (Wildman–Crippen MR) is 82.8 cm³/mol. The maximum Gasteiger partial charge on any atom is 0.307 e. The molecule has 0 bridgehead atoms. The van der Waals surface area contributed by atoms with Gasteiger partial charge in [-0.25, -0.2) is 4.39 Å². The zero-order valence-corrected chi connectivity index (χ0v) is 13.3. The molecule has 0 aliphatic heterocycles. The van der Waals surface area contributed by atoms with Crippen LogP contribution >= 0.6 is 0 Å². The first-order valence-electron chi connectivity index (χ1n) is 7.74. The summed E-state index contributed by atoms with van der Waals surface area (Å²) in [5.74, 6) is -0.530. The third kappa shape index (κ3) is 6.70. The molecule has 0 heterocycles. The molecule has 4 nitrogen and oxygen atoms in total. The average Bonchev–Trinajstić information content (AvgIpc) is 2.49. The molecular formula is C17H24FNO3. The van der Waals surface area contributed by atoms with Crippen LogP contribution in [0.25, 0.3) is 0 Å². The molecule has 0 fully saturated rings. The van der Waals surface area contributed by atoms with E-state index >= 15 is 0 Å². The van der Waals surface area contributed by atoms with E-state index in [1.54, 1.807) is 24.0 Å². The van der Waals surface area contributed by atoms with Gasteiger partial charge in [-0.05, 0) is 37.5 Å². The van der Waals surface area contributed by atoms with Crippen molar-refractivity contribution in [3.05, 3.63) is 35.6 Å². The highest BCUT2D eigenvalue weighted by Gasteiger charge is 2.14. The molecule has 5 heteroatoms. The second-order valence-electron chi connectivity index (χ2n) is 5.06. The van der Waals surface area contributed by atoms with Crippen molar-refractivity contribution in [2.45, 2.75) is 39.5 Å². The molecule has 0 aliphatic carbocycles. The van der Waals surface area contributed by atoms with E-state index in [9.17, 15) is 14.0 Å². The molecule has 0 N–H and O–H groups in total. The predicted octanol–water partition coefficient (Wildman–Crippen LogP) is 2.95. The normalized spacial score (nSPS) is 10.3. The summed E-state index contributed by atoms with van der Waals surface area (Å²) in [6.45, 7) is 4.92. The lowest BCUT2D eigenvalue weighted by molar-refractivity contribution is -0.144. The average molecular weight is 309 g/mol. The summed E-state index contributed by atoms with van der Waals surface area (Å²) in [7, 11) is 0. The molecule has 0 radical (unpaired) electrons. The van der Waals surface area contributed by atoms with Gasteiger partial charge in [0, 0.05) is 19.5 Å². The largest absolute Gasteiger partial charge is 0.466 e. The number of amides is 1. The fourth-order valence-corrected chi connectivity index (χ4v) is 2.11. The van der Waals surface area contributed by atoms with E-state index < -0.39 is 0 Å². The van der Waals surface area contributed by atoms with Crippen LogP contribution in [0.2, 0.25) is 0 Å². The molecule has 0 aromatic heterocycles. The zero-order chi connectivity index (χ0) is 16.4. The number of ether oxygens (including phenoxy) is 1. The van der Waals surface area contributed by atoms with E-state index in [-0.39, 0.29) is 24.1 Å². The highest BCUT2D eigenvalue weighted by molar-refractivity contribution is 5.77. The number of hydrogen-bond acceptors (Lipinski definition) is 3. The van der Waals surface area contributed by atoms with Gasteiger partial charge in [-0.2, -0.15) is 0 Å². The minimum atomic E-state index is -0.293. The third-order valence-electron chi connectivity index (χ3n) is 3.29. The van der Waals surface area contributed by atoms with E-state index in [2.05, 4.69) is 0 Å². The van der Waals surface area contributed by atoms with Crippen LogP contribution in [-0.2, 0) is 20.7 Å². The smallest absolute Gasteiger partial charge is 0.307 e. The molecule has 0 saturated carbocycles. The lowest BCUT2D eigenvalue weighted by Crippen LogP contribution is -2.34. The minimum absolute atomic E-state index is 0.0360. The molecule has 0 atom stereocenters. The van der Waals surface area contributed by atoms with Crippen molar-refractivity contribution in [1.82, 2.24) is 4.90 Å². The monoisotopic (exact) mass is 309 g/mol. The Morgan fingerprint density at radius 3 is 2.36 bits per heavy atom. The van der Waals surface area contributed by atoms with Crippen LogP contribution in [0.3, 0.4) is 0 Å². The first-order chi connectivity index (χ1) is 10.6. The highest BCUT2D eigenvalue weighted by atomic mass is 19.1. The molecule has 0 saturated heterocycles. The van der Waals surface area contributed by atoms with Crippen molar-refractivity contribution in [3.63, 3.8) is 0 Å². The van der Waals surface area contributed by atoms with Gasteiger partial charge in [0.05, 0.1) is 13.0 Å². The van der Waals surface area contributed by atoms with Crippen LogP contribution in [0, 0.1) is 5.82 Å². The molecule has 0 aliphatic rings. The second-order valence-corrected chi connectivity index (χ2v) is 5.06. The van der Waals surface area contributed by atoms with Gasteiger partial charge in [-0.3, -0.25) is 9.59 Å². The van der Waals surface area contributed by atoms with Crippen molar-refractivity contribution in [3.8, 4) is 0 Å². The second kappa shape index (κ2) is 9.92. The van der Waals surface area contributed by atoms with Gasteiger partial charge in [0.15, 0.2) is 0 Å². The van der Waals surface area contributed by atoms with Gasteiger partial charge in [0.2, 0.25) is 5.91 Å². The van der Waals surface area contributed by atoms with Crippen LogP contribution < -0.4 is 0 Å². The Hall–Kier alpha value is -1.91. The van der Waals surface area contributed by atoms with Crippen LogP contribution in [-0.4, -0.2) is 36.5 Å². The SMILES string of the molecule is CCCC(=O)N(CCC(=O)OCC)CCc1ccc(F)cc1. The Morgan fingerprint density at radius 1 is 1.09 bits per heavy atom. The van der Waals surface area contributed by atoms with Gasteiger partial charge in [0.25, 0.3) is 0 Å². The van der Waals surface area contributed by atoms with Crippen molar-refractivity contribution in [2.24, 2.45) is 0 Å². The molecule has 22 heavy (non-hydrogen) atoms. The summed E-state index contributed by atoms with van der Waals surface area (Å²) in [5, 5.41) is 0. The van der Waals surface area contributed by atoms with Crippen molar-refractivity contribution >= 4 is 11.9 Å². The Morgan fingerprint density at radius 2 is 1.77 bits per heavy atom. The molecule has 1 amide bonds. The quantitative estimate of drug-likeness (QED) is 0.659.